The van der Waals surface area contributed by atoms with Crippen molar-refractivity contribution in [3.8, 4) is 5.75 Å². The van der Waals surface area contributed by atoms with Gasteiger partial charge in [-0.05, 0) is 48.7 Å². The van der Waals surface area contributed by atoms with Gasteiger partial charge < -0.3 is 21.5 Å². The van der Waals surface area contributed by atoms with Gasteiger partial charge in [0, 0.05) is 12.2 Å². The molecule has 0 bridgehead atoms. The second-order valence-electron chi connectivity index (χ2n) is 7.22. The van der Waals surface area contributed by atoms with Crippen LogP contribution in [0.3, 0.4) is 0 Å². The lowest BCUT2D eigenvalue weighted by Crippen LogP contribution is -2.19. The molecule has 1 amide bonds. The fraction of sp³-hybridized carbons (Fsp3) is 0.217. The maximum absolute atomic E-state index is 12.1. The van der Waals surface area contributed by atoms with E-state index in [1.54, 1.807) is 23.5 Å². The predicted octanol–water partition coefficient (Wildman–Crippen LogP) is 4.37. The Kier molecular flexibility index (Phi) is 6.18. The number of amides is 1. The van der Waals surface area contributed by atoms with Crippen LogP contribution in [0.5, 0.6) is 5.75 Å². The van der Waals surface area contributed by atoms with Crippen molar-refractivity contribution in [3.05, 3.63) is 64.4 Å². The van der Waals surface area contributed by atoms with Crippen LogP contribution in [0.2, 0.25) is 0 Å². The van der Waals surface area contributed by atoms with Gasteiger partial charge in [0.15, 0.2) is 17.3 Å². The Morgan fingerprint density at radius 2 is 1.81 bits per heavy atom. The average Bonchev–Trinajstić information content (AvgIpc) is 3.21. The van der Waals surface area contributed by atoms with Gasteiger partial charge in [0.25, 0.3) is 5.91 Å². The molecule has 0 atom stereocenters. The Hall–Kier alpha value is -3.72. The van der Waals surface area contributed by atoms with Crippen LogP contribution in [0.15, 0.2) is 42.5 Å². The lowest BCUT2D eigenvalue weighted by molar-refractivity contribution is 0.0996. The molecule has 164 valence electrons. The Bertz CT molecular complexity index is 1270. The number of nitrogens with one attached hydrogen (secondary N) is 2. The number of hydrogen-bond donors (Lipinski definition) is 4. The topological polar surface area (TPSA) is 126 Å². The Morgan fingerprint density at radius 1 is 1.03 bits per heavy atom. The summed E-state index contributed by atoms with van der Waals surface area (Å²) in [5.41, 5.74) is 9.03. The van der Waals surface area contributed by atoms with Crippen LogP contribution in [-0.4, -0.2) is 26.0 Å². The minimum absolute atomic E-state index is 0.0932. The molecule has 4 aromatic rings. The van der Waals surface area contributed by atoms with E-state index >= 15 is 0 Å². The summed E-state index contributed by atoms with van der Waals surface area (Å²) in [6, 6.07) is 12.7. The SMILES string of the molecule is CCc1nc2ccc(Nc3nc(NCc4ccc(O)cc4)c(CC)nc3C(N)=O)cc2s1. The number of rotatable bonds is 8. The molecule has 0 unspecified atom stereocenters. The molecule has 0 aliphatic heterocycles. The van der Waals surface area contributed by atoms with Crippen molar-refractivity contribution in [2.75, 3.05) is 10.6 Å². The van der Waals surface area contributed by atoms with Gasteiger partial charge in [-0.3, -0.25) is 4.79 Å². The number of phenolic OH excluding ortho intramolecular Hbond substituents is 1. The number of phenols is 1. The Morgan fingerprint density at radius 3 is 2.50 bits per heavy atom. The monoisotopic (exact) mass is 448 g/mol. The number of fused-ring (bicyclic) bond motifs is 1. The summed E-state index contributed by atoms with van der Waals surface area (Å²) in [6.45, 7) is 4.51. The third-order valence-electron chi connectivity index (χ3n) is 4.93. The zero-order valence-corrected chi connectivity index (χ0v) is 18.7. The van der Waals surface area contributed by atoms with Crippen LogP contribution >= 0.6 is 11.3 Å². The van der Waals surface area contributed by atoms with Crippen LogP contribution in [-0.2, 0) is 19.4 Å². The number of thiazole rings is 1. The van der Waals surface area contributed by atoms with E-state index in [4.69, 9.17) is 5.73 Å². The molecule has 0 aliphatic carbocycles. The minimum atomic E-state index is -0.646. The summed E-state index contributed by atoms with van der Waals surface area (Å²) >= 11 is 1.64. The highest BCUT2D eigenvalue weighted by Crippen LogP contribution is 2.28. The Balaban J connectivity index is 1.65. The molecule has 2 aromatic heterocycles. The highest BCUT2D eigenvalue weighted by atomic mass is 32.1. The molecule has 0 radical (unpaired) electrons. The summed E-state index contributed by atoms with van der Waals surface area (Å²) in [4.78, 5) is 25.8. The molecule has 2 aromatic carbocycles. The second kappa shape index (κ2) is 9.19. The number of anilines is 3. The molecule has 4 rings (SSSR count). The summed E-state index contributed by atoms with van der Waals surface area (Å²) in [7, 11) is 0. The van der Waals surface area contributed by atoms with Crippen molar-refractivity contribution in [2.45, 2.75) is 33.2 Å². The fourth-order valence-corrected chi connectivity index (χ4v) is 4.20. The van der Waals surface area contributed by atoms with Crippen molar-refractivity contribution in [1.82, 2.24) is 15.0 Å². The quantitative estimate of drug-likeness (QED) is 0.315. The molecule has 2 heterocycles. The highest BCUT2D eigenvalue weighted by molar-refractivity contribution is 7.18. The van der Waals surface area contributed by atoms with E-state index in [1.807, 2.05) is 37.3 Å². The number of nitrogens with two attached hydrogens (primary N) is 1. The van der Waals surface area contributed by atoms with Crippen LogP contribution in [0.25, 0.3) is 10.2 Å². The molecule has 0 saturated heterocycles. The number of aromatic hydroxyl groups is 1. The minimum Gasteiger partial charge on any atom is -0.508 e. The van der Waals surface area contributed by atoms with E-state index in [1.165, 1.54) is 0 Å². The average molecular weight is 449 g/mol. The van der Waals surface area contributed by atoms with Crippen LogP contribution in [0, 0.1) is 0 Å². The van der Waals surface area contributed by atoms with Gasteiger partial charge in [-0.25, -0.2) is 15.0 Å². The van der Waals surface area contributed by atoms with E-state index in [2.05, 4.69) is 32.5 Å². The van der Waals surface area contributed by atoms with Crippen LogP contribution < -0.4 is 16.4 Å². The highest BCUT2D eigenvalue weighted by Gasteiger charge is 2.17. The normalized spacial score (nSPS) is 10.9. The number of aryl methyl sites for hydroxylation is 2. The van der Waals surface area contributed by atoms with Crippen LogP contribution in [0.1, 0.15) is 40.6 Å². The number of benzene rings is 2. The fourth-order valence-electron chi connectivity index (χ4n) is 3.25. The largest absolute Gasteiger partial charge is 0.508 e. The first-order valence-electron chi connectivity index (χ1n) is 10.4. The lowest BCUT2D eigenvalue weighted by Gasteiger charge is -2.15. The third-order valence-corrected chi connectivity index (χ3v) is 6.09. The smallest absolute Gasteiger partial charge is 0.271 e. The van der Waals surface area contributed by atoms with Gasteiger partial charge in [0.2, 0.25) is 0 Å². The summed E-state index contributed by atoms with van der Waals surface area (Å²) < 4.78 is 1.05. The van der Waals surface area contributed by atoms with Crippen molar-refractivity contribution in [3.63, 3.8) is 0 Å². The van der Waals surface area contributed by atoms with Crippen molar-refractivity contribution < 1.29 is 9.90 Å². The molecule has 5 N–H and O–H groups in total. The van der Waals surface area contributed by atoms with Gasteiger partial charge in [-0.2, -0.15) is 0 Å². The predicted molar refractivity (Wildman–Crippen MR) is 128 cm³/mol. The summed E-state index contributed by atoms with van der Waals surface area (Å²) in [6.07, 6.45) is 1.46. The molecular weight excluding hydrogens is 424 g/mol. The van der Waals surface area contributed by atoms with E-state index in [0.29, 0.717) is 30.3 Å². The molecule has 9 heteroatoms. The van der Waals surface area contributed by atoms with E-state index < -0.39 is 5.91 Å². The first kappa shape index (κ1) is 21.5. The molecule has 0 saturated carbocycles. The van der Waals surface area contributed by atoms with Gasteiger partial charge >= 0.3 is 0 Å². The number of aromatic nitrogens is 3. The summed E-state index contributed by atoms with van der Waals surface area (Å²) in [5.74, 6) is 0.429. The zero-order chi connectivity index (χ0) is 22.7. The third kappa shape index (κ3) is 4.62. The van der Waals surface area contributed by atoms with Gasteiger partial charge in [-0.1, -0.05) is 26.0 Å². The van der Waals surface area contributed by atoms with Crippen molar-refractivity contribution in [2.24, 2.45) is 5.73 Å². The first-order chi connectivity index (χ1) is 15.5. The number of carbonyl (C=O) groups excluding carboxylic acids is 1. The molecular formula is C23H24N6O2S. The maximum atomic E-state index is 12.1. The maximum Gasteiger partial charge on any atom is 0.271 e. The zero-order valence-electron chi connectivity index (χ0n) is 17.8. The summed E-state index contributed by atoms with van der Waals surface area (Å²) in [5, 5.41) is 17.0. The van der Waals surface area contributed by atoms with E-state index in [0.717, 1.165) is 32.9 Å². The molecule has 0 aliphatic rings. The molecule has 0 fully saturated rings. The van der Waals surface area contributed by atoms with Crippen molar-refractivity contribution in [1.29, 1.82) is 0 Å². The molecule has 32 heavy (non-hydrogen) atoms. The number of hydrogen-bond acceptors (Lipinski definition) is 8. The second-order valence-corrected chi connectivity index (χ2v) is 8.34. The van der Waals surface area contributed by atoms with Gasteiger partial charge in [0.1, 0.15) is 5.75 Å². The van der Waals surface area contributed by atoms with Gasteiger partial charge in [-0.15, -0.1) is 11.3 Å². The van der Waals surface area contributed by atoms with E-state index in [9.17, 15) is 9.90 Å². The standard InChI is InChI=1S/C23H24N6O2S/c1-3-16-22(25-12-13-5-8-15(30)9-6-13)29-23(20(28-16)21(24)31)26-14-7-10-17-18(11-14)32-19(4-2)27-17/h5-11,30H,3-4,12H2,1-2H3,(H2,24,31)(H2,25,26,29). The first-order valence-corrected chi connectivity index (χ1v) is 11.2. The van der Waals surface area contributed by atoms with Crippen LogP contribution in [0.4, 0.5) is 17.3 Å². The van der Waals surface area contributed by atoms with E-state index in [-0.39, 0.29) is 11.4 Å². The molecule has 8 nitrogen and oxygen atoms in total. The van der Waals surface area contributed by atoms with Gasteiger partial charge in [0.05, 0.1) is 20.9 Å². The Labute approximate surface area is 189 Å². The number of nitrogens with zero attached hydrogens (tertiary/aromatic N) is 3. The number of primary amides is 1. The lowest BCUT2D eigenvalue weighted by atomic mass is 10.2. The number of carbonyl (C=O) groups is 1. The molecule has 0 spiro atoms. The van der Waals surface area contributed by atoms with Crippen molar-refractivity contribution >= 4 is 44.8 Å².